The molecule has 2 aliphatic heterocycles. The first kappa shape index (κ1) is 20.1. The van der Waals surface area contributed by atoms with Gasteiger partial charge < -0.3 is 10.2 Å². The van der Waals surface area contributed by atoms with Gasteiger partial charge in [-0.15, -0.1) is 10.2 Å². The molecule has 1 saturated carbocycles. The first-order valence-electron chi connectivity index (χ1n) is 12.5. The van der Waals surface area contributed by atoms with Crippen molar-refractivity contribution in [2.45, 2.75) is 63.1 Å². The molecule has 2 N–H and O–H groups in total. The van der Waals surface area contributed by atoms with Gasteiger partial charge in [-0.1, -0.05) is 6.42 Å². The van der Waals surface area contributed by atoms with Crippen molar-refractivity contribution in [2.24, 2.45) is 5.92 Å². The van der Waals surface area contributed by atoms with Crippen LogP contribution >= 0.6 is 0 Å². The van der Waals surface area contributed by atoms with Crippen molar-refractivity contribution in [3.8, 4) is 16.9 Å². The molecule has 3 fully saturated rings. The van der Waals surface area contributed by atoms with Crippen molar-refractivity contribution in [3.63, 3.8) is 0 Å². The van der Waals surface area contributed by atoms with Crippen LogP contribution in [-0.4, -0.2) is 59.8 Å². The molecule has 0 amide bonds. The van der Waals surface area contributed by atoms with Crippen LogP contribution in [0.3, 0.4) is 0 Å². The Morgan fingerprint density at radius 2 is 1.91 bits per heavy atom. The number of hydrogen-bond acceptors (Lipinski definition) is 7. The van der Waals surface area contributed by atoms with E-state index in [1.54, 1.807) is 6.20 Å². The highest BCUT2D eigenvalue weighted by molar-refractivity contribution is 5.97. The average Bonchev–Trinajstić information content (AvgIpc) is 3.30. The molecule has 7 rings (SSSR count). The predicted octanol–water partition coefficient (Wildman–Crippen LogP) is 3.49. The van der Waals surface area contributed by atoms with Crippen molar-refractivity contribution in [3.05, 3.63) is 43.0 Å². The standard InChI is InChI=1S/C25H29N9/c1-3-17-11-19(12-18(4-1)29-17)33(15-16-5-6-16)25-26-14-22(30-32-25)20-7-8-23(34-10-2-9-28-34)24-21(20)13-27-31-24/h2,7-10,13-14,16-19,29H,1,3-6,11-12,15H2,(H,27,31)/t17-,18-/m0/s1. The Kier molecular flexibility index (Phi) is 4.82. The van der Waals surface area contributed by atoms with E-state index in [4.69, 9.17) is 4.98 Å². The second-order valence-corrected chi connectivity index (χ2v) is 10.1. The molecule has 0 spiro atoms. The monoisotopic (exact) mass is 455 g/mol. The fraction of sp³-hybridized carbons (Fsp3) is 0.480. The molecule has 2 saturated heterocycles. The normalized spacial score (nSPS) is 24.4. The lowest BCUT2D eigenvalue weighted by atomic mass is 9.83. The third-order valence-electron chi connectivity index (χ3n) is 7.71. The van der Waals surface area contributed by atoms with Crippen LogP contribution in [0.25, 0.3) is 27.8 Å². The van der Waals surface area contributed by atoms with Gasteiger partial charge >= 0.3 is 0 Å². The van der Waals surface area contributed by atoms with Gasteiger partial charge in [0, 0.05) is 48.0 Å². The highest BCUT2D eigenvalue weighted by Crippen LogP contribution is 2.36. The molecule has 5 heterocycles. The fourth-order valence-corrected chi connectivity index (χ4v) is 5.83. The van der Waals surface area contributed by atoms with Crippen molar-refractivity contribution in [1.82, 2.24) is 40.5 Å². The average molecular weight is 456 g/mol. The summed E-state index contributed by atoms with van der Waals surface area (Å²) in [6.07, 6.45) is 16.3. The van der Waals surface area contributed by atoms with E-state index in [2.05, 4.69) is 41.8 Å². The lowest BCUT2D eigenvalue weighted by molar-refractivity contribution is 0.215. The number of aromatic nitrogens is 7. The number of nitrogens with zero attached hydrogens (tertiary/aromatic N) is 7. The zero-order valence-electron chi connectivity index (χ0n) is 19.1. The maximum atomic E-state index is 4.85. The first-order chi connectivity index (χ1) is 16.8. The van der Waals surface area contributed by atoms with Gasteiger partial charge in [-0.05, 0) is 62.6 Å². The quantitative estimate of drug-likeness (QED) is 0.459. The molecule has 34 heavy (non-hydrogen) atoms. The molecule has 2 atom stereocenters. The summed E-state index contributed by atoms with van der Waals surface area (Å²) in [7, 11) is 0. The Bertz CT molecular complexity index is 1260. The molecular weight excluding hydrogens is 426 g/mol. The summed E-state index contributed by atoms with van der Waals surface area (Å²) in [4.78, 5) is 7.32. The van der Waals surface area contributed by atoms with Gasteiger partial charge in [-0.2, -0.15) is 10.2 Å². The van der Waals surface area contributed by atoms with Gasteiger partial charge in [0.1, 0.15) is 5.69 Å². The third-order valence-corrected chi connectivity index (χ3v) is 7.71. The lowest BCUT2D eigenvalue weighted by Crippen LogP contribution is -2.55. The second-order valence-electron chi connectivity index (χ2n) is 10.1. The van der Waals surface area contributed by atoms with Crippen molar-refractivity contribution in [1.29, 1.82) is 0 Å². The van der Waals surface area contributed by atoms with Gasteiger partial charge in [-0.3, -0.25) is 5.10 Å². The number of aromatic amines is 1. The number of fused-ring (bicyclic) bond motifs is 3. The van der Waals surface area contributed by atoms with Gasteiger partial charge in [0.25, 0.3) is 0 Å². The summed E-state index contributed by atoms with van der Waals surface area (Å²) in [6, 6.07) is 7.76. The summed E-state index contributed by atoms with van der Waals surface area (Å²) in [5.74, 6) is 1.55. The predicted molar refractivity (Wildman–Crippen MR) is 130 cm³/mol. The maximum absolute atomic E-state index is 4.85. The van der Waals surface area contributed by atoms with Crippen LogP contribution in [0.4, 0.5) is 5.95 Å². The minimum Gasteiger partial charge on any atom is -0.336 e. The van der Waals surface area contributed by atoms with Crippen LogP contribution in [0.5, 0.6) is 0 Å². The van der Waals surface area contributed by atoms with E-state index in [1.165, 1.54) is 44.9 Å². The van der Waals surface area contributed by atoms with E-state index in [9.17, 15) is 0 Å². The van der Waals surface area contributed by atoms with E-state index >= 15 is 0 Å². The number of rotatable bonds is 6. The van der Waals surface area contributed by atoms with E-state index < -0.39 is 0 Å². The topological polar surface area (TPSA) is 100 Å². The molecule has 3 aromatic heterocycles. The Hall–Kier alpha value is -3.33. The summed E-state index contributed by atoms with van der Waals surface area (Å²) >= 11 is 0. The number of piperidine rings is 2. The molecule has 0 unspecified atom stereocenters. The summed E-state index contributed by atoms with van der Waals surface area (Å²) < 4.78 is 1.83. The second kappa shape index (κ2) is 8.16. The van der Waals surface area contributed by atoms with Crippen molar-refractivity contribution < 1.29 is 0 Å². The van der Waals surface area contributed by atoms with E-state index in [0.717, 1.165) is 46.3 Å². The molecule has 9 nitrogen and oxygen atoms in total. The van der Waals surface area contributed by atoms with Crippen LogP contribution in [0.1, 0.15) is 44.9 Å². The third kappa shape index (κ3) is 3.64. The zero-order chi connectivity index (χ0) is 22.5. The van der Waals surface area contributed by atoms with Crippen LogP contribution in [0.2, 0.25) is 0 Å². The molecule has 9 heteroatoms. The van der Waals surface area contributed by atoms with Crippen LogP contribution in [-0.2, 0) is 0 Å². The summed E-state index contributed by atoms with van der Waals surface area (Å²) in [5.41, 5.74) is 3.60. The SMILES string of the molecule is c1cnn(-c2ccc(-c3cnc(N(CC4CC4)C4C[C@@H]5CCC[C@@H](C4)N5)nn3)c3cn[nH]c23)c1. The van der Waals surface area contributed by atoms with Crippen molar-refractivity contribution in [2.75, 3.05) is 11.4 Å². The highest BCUT2D eigenvalue weighted by Gasteiger charge is 2.37. The number of nitrogens with one attached hydrogen (secondary N) is 2. The smallest absolute Gasteiger partial charge is 0.245 e. The summed E-state index contributed by atoms with van der Waals surface area (Å²) in [6.45, 7) is 1.05. The van der Waals surface area contributed by atoms with Gasteiger partial charge in [-0.25, -0.2) is 9.67 Å². The molecule has 0 radical (unpaired) electrons. The summed E-state index contributed by atoms with van der Waals surface area (Å²) in [5, 5.41) is 25.9. The molecule has 2 bridgehead atoms. The highest BCUT2D eigenvalue weighted by atomic mass is 15.3. The Morgan fingerprint density at radius 1 is 1.03 bits per heavy atom. The molecule has 3 aliphatic rings. The fourth-order valence-electron chi connectivity index (χ4n) is 5.83. The van der Waals surface area contributed by atoms with E-state index in [1.807, 2.05) is 35.4 Å². The van der Waals surface area contributed by atoms with Crippen molar-refractivity contribution >= 4 is 16.9 Å². The molecular formula is C25H29N9. The Morgan fingerprint density at radius 3 is 2.65 bits per heavy atom. The lowest BCUT2D eigenvalue weighted by Gasteiger charge is -2.44. The first-order valence-corrected chi connectivity index (χ1v) is 12.5. The van der Waals surface area contributed by atoms with Gasteiger partial charge in [0.05, 0.1) is 23.6 Å². The van der Waals surface area contributed by atoms with E-state index in [0.29, 0.717) is 18.1 Å². The van der Waals surface area contributed by atoms with Crippen LogP contribution in [0.15, 0.2) is 43.0 Å². The minimum atomic E-state index is 0.499. The number of hydrogen-bond donors (Lipinski definition) is 2. The Labute approximate surface area is 198 Å². The zero-order valence-corrected chi connectivity index (χ0v) is 19.1. The molecule has 1 aliphatic carbocycles. The van der Waals surface area contributed by atoms with Gasteiger partial charge in [0.2, 0.25) is 5.95 Å². The molecule has 174 valence electrons. The van der Waals surface area contributed by atoms with E-state index in [-0.39, 0.29) is 0 Å². The van der Waals surface area contributed by atoms with Gasteiger partial charge in [0.15, 0.2) is 0 Å². The number of H-pyrrole nitrogens is 1. The maximum Gasteiger partial charge on any atom is 0.245 e. The Balaban J connectivity index is 1.20. The molecule has 1 aromatic carbocycles. The van der Waals surface area contributed by atoms with Crippen LogP contribution in [0, 0.1) is 5.92 Å². The van der Waals surface area contributed by atoms with Crippen LogP contribution < -0.4 is 10.2 Å². The molecule has 4 aromatic rings. The number of benzene rings is 1. The largest absolute Gasteiger partial charge is 0.336 e. The number of anilines is 1. The minimum absolute atomic E-state index is 0.499.